The van der Waals surface area contributed by atoms with Crippen LogP contribution in [-0.4, -0.2) is 40.0 Å². The molecule has 3 saturated carbocycles. The van der Waals surface area contributed by atoms with E-state index < -0.39 is 40.1 Å². The third-order valence-electron chi connectivity index (χ3n) is 9.05. The number of fused-ring (bicyclic) bond motifs is 5. The van der Waals surface area contributed by atoms with E-state index in [2.05, 4.69) is 0 Å². The molecular weight excluding hydrogens is 375 g/mol. The summed E-state index contributed by atoms with van der Waals surface area (Å²) in [5, 5.41) is 11.3. The Morgan fingerprint density at radius 2 is 1.83 bits per heavy atom. The van der Waals surface area contributed by atoms with E-state index in [0.717, 1.165) is 5.57 Å². The predicted molar refractivity (Wildman–Crippen MR) is 104 cm³/mol. The standard InChI is InChI=1S/C23H31FO5/c1-13(25)22(29-14(2)26)10-8-17-18-6-5-15-11-16(27)7-9-20(15,3)23(18,24)19(28)12-21(17,22)4/h11,17-19,28H,5-10,12H2,1-4H3/t17-,18-,19+,20-,21-,22-,23-/m0/s1. The van der Waals surface area contributed by atoms with Gasteiger partial charge in [-0.3, -0.25) is 14.4 Å². The van der Waals surface area contributed by atoms with Crippen molar-refractivity contribution in [2.24, 2.45) is 22.7 Å². The number of carbonyl (C=O) groups excluding carboxylic acids is 3. The van der Waals surface area contributed by atoms with E-state index in [0.29, 0.717) is 32.1 Å². The number of allylic oxidation sites excluding steroid dienone is 1. The zero-order valence-corrected chi connectivity index (χ0v) is 17.7. The molecule has 0 bridgehead atoms. The summed E-state index contributed by atoms with van der Waals surface area (Å²) in [6.07, 6.45) is 3.15. The first-order chi connectivity index (χ1) is 13.4. The van der Waals surface area contributed by atoms with E-state index in [1.165, 1.54) is 13.8 Å². The topological polar surface area (TPSA) is 80.7 Å². The molecule has 0 spiro atoms. The Labute approximate surface area is 171 Å². The van der Waals surface area contributed by atoms with Crippen molar-refractivity contribution in [3.63, 3.8) is 0 Å². The van der Waals surface area contributed by atoms with Crippen molar-refractivity contribution in [3.8, 4) is 0 Å². The number of carbonyl (C=O) groups is 3. The van der Waals surface area contributed by atoms with Gasteiger partial charge in [0.25, 0.3) is 0 Å². The van der Waals surface area contributed by atoms with Crippen LogP contribution in [0.25, 0.3) is 0 Å². The molecule has 6 heteroatoms. The average Bonchev–Trinajstić information content (AvgIpc) is 2.90. The Balaban J connectivity index is 1.81. The fourth-order valence-corrected chi connectivity index (χ4v) is 7.62. The number of alkyl halides is 1. The van der Waals surface area contributed by atoms with Crippen molar-refractivity contribution in [2.45, 2.75) is 90.0 Å². The first kappa shape index (κ1) is 20.7. The summed E-state index contributed by atoms with van der Waals surface area (Å²) in [6.45, 7) is 6.45. The molecule has 7 atom stereocenters. The summed E-state index contributed by atoms with van der Waals surface area (Å²) in [5.41, 5.74) is -4.05. The second kappa shape index (κ2) is 6.22. The SMILES string of the molecule is CC(=O)O[C@]1(C(C)=O)CC[C@H]2[C@@H]3CCC4=CC(=O)CC[C@]4(C)[C@@]3(F)[C@H](O)C[C@@]21C. The van der Waals surface area contributed by atoms with Crippen LogP contribution in [0.1, 0.15) is 72.6 Å². The smallest absolute Gasteiger partial charge is 0.303 e. The van der Waals surface area contributed by atoms with Crippen LogP contribution in [0.2, 0.25) is 0 Å². The number of aliphatic hydroxyl groups excluding tert-OH is 1. The van der Waals surface area contributed by atoms with Crippen molar-refractivity contribution < 1.29 is 28.6 Å². The lowest BCUT2D eigenvalue weighted by Crippen LogP contribution is -2.69. The molecule has 0 aromatic heterocycles. The summed E-state index contributed by atoms with van der Waals surface area (Å²) in [5.74, 6) is -1.35. The van der Waals surface area contributed by atoms with Crippen LogP contribution in [0, 0.1) is 22.7 Å². The van der Waals surface area contributed by atoms with Gasteiger partial charge in [-0.05, 0) is 57.4 Å². The summed E-state index contributed by atoms with van der Waals surface area (Å²) in [7, 11) is 0. The number of Topliss-reactive ketones (excluding diaryl/α,β-unsaturated/α-hetero) is 1. The van der Waals surface area contributed by atoms with E-state index in [1.54, 1.807) is 6.08 Å². The second-order valence-corrected chi connectivity index (χ2v) is 10.1. The van der Waals surface area contributed by atoms with Crippen LogP contribution >= 0.6 is 0 Å². The summed E-state index contributed by atoms with van der Waals surface area (Å²) < 4.78 is 22.6. The summed E-state index contributed by atoms with van der Waals surface area (Å²) >= 11 is 0. The number of hydrogen-bond donors (Lipinski definition) is 1. The molecule has 0 saturated heterocycles. The van der Waals surface area contributed by atoms with Gasteiger partial charge in [0.2, 0.25) is 0 Å². The monoisotopic (exact) mass is 406 g/mol. The molecule has 1 N–H and O–H groups in total. The minimum absolute atomic E-state index is 0.0287. The van der Waals surface area contributed by atoms with Crippen molar-refractivity contribution in [1.82, 2.24) is 0 Å². The minimum Gasteiger partial charge on any atom is -0.451 e. The maximum atomic E-state index is 17.0. The molecule has 3 fully saturated rings. The molecule has 4 rings (SSSR count). The Hall–Kier alpha value is -1.56. The molecule has 0 unspecified atom stereocenters. The summed E-state index contributed by atoms with van der Waals surface area (Å²) in [6, 6.07) is 0. The van der Waals surface area contributed by atoms with Crippen LogP contribution in [0.5, 0.6) is 0 Å². The normalized spacial score (nSPS) is 48.8. The number of ketones is 2. The number of hydrogen-bond acceptors (Lipinski definition) is 5. The lowest BCUT2D eigenvalue weighted by atomic mass is 9.44. The Morgan fingerprint density at radius 3 is 2.45 bits per heavy atom. The third-order valence-corrected chi connectivity index (χ3v) is 9.05. The van der Waals surface area contributed by atoms with Crippen LogP contribution in [0.15, 0.2) is 11.6 Å². The van der Waals surface area contributed by atoms with Gasteiger partial charge in [0.05, 0.1) is 6.10 Å². The zero-order chi connectivity index (χ0) is 21.4. The van der Waals surface area contributed by atoms with Gasteiger partial charge in [-0.25, -0.2) is 4.39 Å². The predicted octanol–water partition coefficient (Wildman–Crippen LogP) is 3.47. The number of esters is 1. The molecule has 160 valence electrons. The fraction of sp³-hybridized carbons (Fsp3) is 0.783. The molecule has 5 nitrogen and oxygen atoms in total. The van der Waals surface area contributed by atoms with Crippen LogP contribution in [-0.2, 0) is 19.1 Å². The van der Waals surface area contributed by atoms with Crippen LogP contribution in [0.3, 0.4) is 0 Å². The van der Waals surface area contributed by atoms with Crippen molar-refractivity contribution in [2.75, 3.05) is 0 Å². The second-order valence-electron chi connectivity index (χ2n) is 10.1. The van der Waals surface area contributed by atoms with Gasteiger partial charge in [0.15, 0.2) is 17.2 Å². The van der Waals surface area contributed by atoms with E-state index in [4.69, 9.17) is 4.74 Å². The first-order valence-corrected chi connectivity index (χ1v) is 10.7. The molecule has 0 aromatic rings. The van der Waals surface area contributed by atoms with Gasteiger partial charge in [0.1, 0.15) is 5.67 Å². The Morgan fingerprint density at radius 1 is 1.14 bits per heavy atom. The highest BCUT2D eigenvalue weighted by Crippen LogP contribution is 2.70. The largest absolute Gasteiger partial charge is 0.451 e. The maximum Gasteiger partial charge on any atom is 0.303 e. The Kier molecular flexibility index (Phi) is 4.44. The molecule has 4 aliphatic rings. The molecular formula is C23H31FO5. The van der Waals surface area contributed by atoms with Crippen molar-refractivity contribution >= 4 is 17.5 Å². The Bertz CT molecular complexity index is 820. The number of halogens is 1. The lowest BCUT2D eigenvalue weighted by Gasteiger charge is -2.63. The van der Waals surface area contributed by atoms with E-state index in [-0.39, 0.29) is 30.3 Å². The maximum absolute atomic E-state index is 17.0. The van der Waals surface area contributed by atoms with E-state index in [9.17, 15) is 19.5 Å². The highest BCUT2D eigenvalue weighted by molar-refractivity contribution is 5.92. The quantitative estimate of drug-likeness (QED) is 0.710. The minimum atomic E-state index is -1.86. The first-order valence-electron chi connectivity index (χ1n) is 10.7. The lowest BCUT2D eigenvalue weighted by molar-refractivity contribution is -0.231. The van der Waals surface area contributed by atoms with Crippen molar-refractivity contribution in [3.05, 3.63) is 11.6 Å². The van der Waals surface area contributed by atoms with E-state index >= 15 is 4.39 Å². The van der Waals surface area contributed by atoms with Gasteiger partial charge in [-0.15, -0.1) is 0 Å². The average molecular weight is 406 g/mol. The fourth-order valence-electron chi connectivity index (χ4n) is 7.62. The van der Waals surface area contributed by atoms with Crippen LogP contribution < -0.4 is 0 Å². The number of ether oxygens (including phenoxy) is 1. The number of rotatable bonds is 2. The highest BCUT2D eigenvalue weighted by Gasteiger charge is 2.75. The molecule has 0 radical (unpaired) electrons. The van der Waals surface area contributed by atoms with Crippen molar-refractivity contribution in [1.29, 1.82) is 0 Å². The molecule has 29 heavy (non-hydrogen) atoms. The van der Waals surface area contributed by atoms with E-state index in [1.807, 2.05) is 13.8 Å². The molecule has 0 aliphatic heterocycles. The number of aliphatic hydroxyl groups is 1. The van der Waals surface area contributed by atoms with Gasteiger partial charge in [-0.2, -0.15) is 0 Å². The third kappa shape index (κ3) is 2.38. The molecule has 0 aromatic carbocycles. The molecule has 0 amide bonds. The summed E-state index contributed by atoms with van der Waals surface area (Å²) in [4.78, 5) is 36.6. The molecule has 0 heterocycles. The van der Waals surface area contributed by atoms with Gasteiger partial charge in [0, 0.05) is 30.1 Å². The van der Waals surface area contributed by atoms with Gasteiger partial charge in [-0.1, -0.05) is 19.4 Å². The van der Waals surface area contributed by atoms with Gasteiger partial charge >= 0.3 is 5.97 Å². The van der Waals surface area contributed by atoms with Gasteiger partial charge < -0.3 is 9.84 Å². The highest BCUT2D eigenvalue weighted by atomic mass is 19.1. The molecule has 4 aliphatic carbocycles. The zero-order valence-electron chi connectivity index (χ0n) is 17.7. The van der Waals surface area contributed by atoms with Crippen LogP contribution in [0.4, 0.5) is 4.39 Å².